The van der Waals surface area contributed by atoms with E-state index in [2.05, 4.69) is 0 Å². The summed E-state index contributed by atoms with van der Waals surface area (Å²) in [5.74, 6) is -4.89. The number of amides is 1. The molecule has 102 valence electrons. The van der Waals surface area contributed by atoms with Crippen molar-refractivity contribution in [3.05, 3.63) is 29.3 Å². The Bertz CT molecular complexity index is 567. The number of halogens is 5. The summed E-state index contributed by atoms with van der Waals surface area (Å²) in [5.41, 5.74) is -1.15. The van der Waals surface area contributed by atoms with Crippen LogP contribution in [0.4, 0.5) is 27.6 Å². The Balaban J connectivity index is 2.39. The molecule has 1 aliphatic heterocycles. The lowest BCUT2D eigenvalue weighted by molar-refractivity contribution is -0.133. The van der Waals surface area contributed by atoms with E-state index in [4.69, 9.17) is 0 Å². The van der Waals surface area contributed by atoms with Gasteiger partial charge < -0.3 is 4.90 Å². The maximum atomic E-state index is 13.4. The van der Waals surface area contributed by atoms with Gasteiger partial charge in [-0.05, 0) is 6.07 Å². The van der Waals surface area contributed by atoms with Crippen molar-refractivity contribution in [1.82, 2.24) is 0 Å². The van der Waals surface area contributed by atoms with Crippen molar-refractivity contribution in [1.29, 1.82) is 0 Å². The summed E-state index contributed by atoms with van der Waals surface area (Å²) in [7, 11) is 0. The molecule has 0 saturated carbocycles. The van der Waals surface area contributed by atoms with E-state index < -0.39 is 53.7 Å². The number of fused-ring (bicyclic) bond motifs is 1. The number of anilines is 1. The van der Waals surface area contributed by atoms with Crippen LogP contribution in [0, 0.1) is 11.6 Å². The van der Waals surface area contributed by atoms with Crippen molar-refractivity contribution in [3.8, 4) is 0 Å². The summed E-state index contributed by atoms with van der Waals surface area (Å²) in [4.78, 5) is 23.3. The normalized spacial score (nSPS) is 15.1. The quantitative estimate of drug-likeness (QED) is 0.616. The lowest BCUT2D eigenvalue weighted by Crippen LogP contribution is -2.33. The molecule has 1 aromatic carbocycles. The van der Waals surface area contributed by atoms with Gasteiger partial charge in [-0.3, -0.25) is 9.59 Å². The third kappa shape index (κ3) is 2.42. The van der Waals surface area contributed by atoms with Crippen molar-refractivity contribution < 1.29 is 31.5 Å². The molecule has 8 heteroatoms. The summed E-state index contributed by atoms with van der Waals surface area (Å²) in [6.45, 7) is -0.857. The first kappa shape index (κ1) is 13.4. The van der Waals surface area contributed by atoms with Crippen LogP contribution < -0.4 is 4.90 Å². The van der Waals surface area contributed by atoms with E-state index in [0.29, 0.717) is 17.0 Å². The van der Waals surface area contributed by atoms with Crippen LogP contribution in [0.2, 0.25) is 0 Å². The predicted molar refractivity (Wildman–Crippen MR) is 53.7 cm³/mol. The highest BCUT2D eigenvalue weighted by Gasteiger charge is 2.40. The van der Waals surface area contributed by atoms with Gasteiger partial charge in [-0.15, -0.1) is 0 Å². The molecule has 0 spiro atoms. The van der Waals surface area contributed by atoms with Crippen LogP contribution >= 0.6 is 0 Å². The third-order valence-electron chi connectivity index (χ3n) is 2.61. The van der Waals surface area contributed by atoms with E-state index in [0.717, 1.165) is 0 Å². The van der Waals surface area contributed by atoms with E-state index in [1.54, 1.807) is 0 Å². The van der Waals surface area contributed by atoms with Crippen molar-refractivity contribution in [3.63, 3.8) is 0 Å². The number of nitrogens with zero attached hydrogens (tertiary/aromatic N) is 1. The minimum atomic E-state index is -4.54. The molecule has 0 saturated heterocycles. The summed E-state index contributed by atoms with van der Waals surface area (Å²) >= 11 is 0. The molecule has 2 rings (SSSR count). The lowest BCUT2D eigenvalue weighted by Gasteiger charge is -2.17. The zero-order chi connectivity index (χ0) is 14.4. The largest absolute Gasteiger partial charge is 0.390 e. The predicted octanol–water partition coefficient (Wildman–Crippen LogP) is 2.45. The van der Waals surface area contributed by atoms with Crippen LogP contribution in [0.5, 0.6) is 0 Å². The molecule has 1 amide bonds. The van der Waals surface area contributed by atoms with Gasteiger partial charge in [-0.25, -0.2) is 8.78 Å². The smallest absolute Gasteiger partial charge is 0.304 e. The number of hydrogen-bond acceptors (Lipinski definition) is 2. The van der Waals surface area contributed by atoms with Crippen molar-refractivity contribution in [2.24, 2.45) is 0 Å². The van der Waals surface area contributed by atoms with Gasteiger partial charge in [-0.1, -0.05) is 0 Å². The Hall–Kier alpha value is -1.99. The molecule has 0 fully saturated rings. The lowest BCUT2D eigenvalue weighted by atomic mass is 10.1. The number of hydrogen-bond donors (Lipinski definition) is 0. The number of rotatable bonds is 2. The third-order valence-corrected chi connectivity index (χ3v) is 2.61. The maximum absolute atomic E-state index is 13.4. The molecule has 0 N–H and O–H groups in total. The zero-order valence-corrected chi connectivity index (χ0v) is 9.22. The minimum absolute atomic E-state index is 0.400. The standard InChI is InChI=1S/C11H6F5NO2/c12-5-3-6(13)8-7(4-5)17(10(19)9(8)18)2-1-11(14,15)16/h3-4H,1-2H2. The van der Waals surface area contributed by atoms with Crippen molar-refractivity contribution in [2.75, 3.05) is 11.4 Å². The summed E-state index contributed by atoms with van der Waals surface area (Å²) in [5, 5.41) is 0. The molecule has 3 nitrogen and oxygen atoms in total. The zero-order valence-electron chi connectivity index (χ0n) is 9.22. The van der Waals surface area contributed by atoms with Crippen molar-refractivity contribution in [2.45, 2.75) is 12.6 Å². The van der Waals surface area contributed by atoms with E-state index in [-0.39, 0.29) is 0 Å². The maximum Gasteiger partial charge on any atom is 0.390 e. The Morgan fingerprint density at radius 3 is 2.32 bits per heavy atom. The average Bonchev–Trinajstić information content (AvgIpc) is 2.48. The highest BCUT2D eigenvalue weighted by atomic mass is 19.4. The van der Waals surface area contributed by atoms with Gasteiger partial charge in [0.25, 0.3) is 11.7 Å². The molecule has 0 unspecified atom stereocenters. The highest BCUT2D eigenvalue weighted by molar-refractivity contribution is 6.52. The van der Waals surface area contributed by atoms with Gasteiger partial charge in [0, 0.05) is 12.6 Å². The molecular weight excluding hydrogens is 273 g/mol. The van der Waals surface area contributed by atoms with Crippen LogP contribution in [0.15, 0.2) is 12.1 Å². The SMILES string of the molecule is O=C1C(=O)N(CCC(F)(F)F)c2cc(F)cc(F)c21. The van der Waals surface area contributed by atoms with Crippen LogP contribution in [0.25, 0.3) is 0 Å². The van der Waals surface area contributed by atoms with Gasteiger partial charge in [0.1, 0.15) is 11.6 Å². The molecule has 0 radical (unpaired) electrons. The number of carbonyl (C=O) groups excluding carboxylic acids is 2. The van der Waals surface area contributed by atoms with Gasteiger partial charge in [0.2, 0.25) is 0 Å². The molecular formula is C11H6F5NO2. The molecule has 0 aromatic heterocycles. The average molecular weight is 279 g/mol. The number of Topliss-reactive ketones (excluding diaryl/α,β-unsaturated/α-hetero) is 1. The molecule has 1 heterocycles. The molecule has 19 heavy (non-hydrogen) atoms. The monoisotopic (exact) mass is 279 g/mol. The molecule has 1 aliphatic rings. The topological polar surface area (TPSA) is 37.4 Å². The van der Waals surface area contributed by atoms with Gasteiger partial charge in [0.15, 0.2) is 0 Å². The molecule has 0 bridgehead atoms. The first-order chi connectivity index (χ1) is 8.70. The summed E-state index contributed by atoms with van der Waals surface area (Å²) < 4.78 is 62.7. The van der Waals surface area contributed by atoms with Crippen LogP contribution in [-0.2, 0) is 4.79 Å². The Morgan fingerprint density at radius 2 is 1.74 bits per heavy atom. The van der Waals surface area contributed by atoms with E-state index in [9.17, 15) is 31.5 Å². The van der Waals surface area contributed by atoms with Crippen LogP contribution in [0.3, 0.4) is 0 Å². The molecule has 1 aromatic rings. The second-order valence-corrected chi connectivity index (χ2v) is 3.93. The first-order valence-electron chi connectivity index (χ1n) is 5.12. The summed E-state index contributed by atoms with van der Waals surface area (Å²) in [6, 6.07) is 1.06. The van der Waals surface area contributed by atoms with E-state index >= 15 is 0 Å². The number of ketones is 1. The van der Waals surface area contributed by atoms with Gasteiger partial charge in [0.05, 0.1) is 17.7 Å². The first-order valence-corrected chi connectivity index (χ1v) is 5.12. The highest BCUT2D eigenvalue weighted by Crippen LogP contribution is 2.33. The Morgan fingerprint density at radius 1 is 1.11 bits per heavy atom. The van der Waals surface area contributed by atoms with Crippen LogP contribution in [-0.4, -0.2) is 24.4 Å². The molecule has 0 aliphatic carbocycles. The second-order valence-electron chi connectivity index (χ2n) is 3.93. The van der Waals surface area contributed by atoms with Crippen molar-refractivity contribution >= 4 is 17.4 Å². The number of alkyl halides is 3. The summed E-state index contributed by atoms with van der Waals surface area (Å²) in [6.07, 6.45) is -5.92. The Kier molecular flexibility index (Phi) is 3.03. The number of carbonyl (C=O) groups is 2. The van der Waals surface area contributed by atoms with E-state index in [1.807, 2.05) is 0 Å². The Labute approximate surface area is 103 Å². The number of benzene rings is 1. The fraction of sp³-hybridized carbons (Fsp3) is 0.273. The fourth-order valence-electron chi connectivity index (χ4n) is 1.80. The fourth-order valence-corrected chi connectivity index (χ4v) is 1.80. The van der Waals surface area contributed by atoms with E-state index in [1.165, 1.54) is 0 Å². The van der Waals surface area contributed by atoms with Gasteiger partial charge >= 0.3 is 6.18 Å². The van der Waals surface area contributed by atoms with Crippen LogP contribution in [0.1, 0.15) is 16.8 Å². The van der Waals surface area contributed by atoms with Gasteiger partial charge in [-0.2, -0.15) is 13.2 Å². The molecule has 0 atom stereocenters. The minimum Gasteiger partial charge on any atom is -0.304 e. The second kappa shape index (κ2) is 4.29.